The lowest BCUT2D eigenvalue weighted by Crippen LogP contribution is -2.11. The number of hydrogen-bond donors (Lipinski definition) is 0. The molecule has 4 rings (SSSR count). The average molecular weight is 741 g/mol. The molecule has 2 heterocycles. The van der Waals surface area contributed by atoms with Crippen molar-refractivity contribution < 1.29 is 27.8 Å². The molecular weight excluding hydrogens is 693 g/mol. The fourth-order valence-electron chi connectivity index (χ4n) is 4.62. The largest absolute Gasteiger partial charge is 0.424 e. The van der Waals surface area contributed by atoms with Crippen molar-refractivity contribution in [3.63, 3.8) is 0 Å². The van der Waals surface area contributed by atoms with Gasteiger partial charge in [0.1, 0.15) is 0 Å². The van der Waals surface area contributed by atoms with Crippen molar-refractivity contribution >= 4 is 84.2 Å². The second-order valence-corrected chi connectivity index (χ2v) is 18.2. The van der Waals surface area contributed by atoms with Gasteiger partial charge in [0.25, 0.3) is 0 Å². The van der Waals surface area contributed by atoms with E-state index in [2.05, 4.69) is 48.5 Å². The summed E-state index contributed by atoms with van der Waals surface area (Å²) in [5.41, 5.74) is 2.20. The predicted octanol–water partition coefficient (Wildman–Crippen LogP) is 6.30. The Balaban J connectivity index is 1.26. The molecular formula is C32H48N2O6S4Si2. The molecule has 0 aliphatic rings. The number of ether oxygens (including phenoxy) is 4. The summed E-state index contributed by atoms with van der Waals surface area (Å²) < 4.78 is 36.1. The monoisotopic (exact) mass is 740 g/mol. The number of methoxy groups -OCH3 is 2. The van der Waals surface area contributed by atoms with E-state index in [-0.39, 0.29) is 0 Å². The van der Waals surface area contributed by atoms with Gasteiger partial charge in [-0.25, -0.2) is 9.97 Å². The summed E-state index contributed by atoms with van der Waals surface area (Å²) in [6, 6.07) is 19.1. The van der Waals surface area contributed by atoms with Gasteiger partial charge in [0, 0.05) is 64.0 Å². The molecule has 0 N–H and O–H groups in total. The topological polar surface area (TPSA) is 81.2 Å². The maximum absolute atomic E-state index is 6.15. The highest BCUT2D eigenvalue weighted by Crippen LogP contribution is 2.39. The van der Waals surface area contributed by atoms with Crippen LogP contribution in [0, 0.1) is 0 Å². The van der Waals surface area contributed by atoms with E-state index in [0.29, 0.717) is 38.3 Å². The van der Waals surface area contributed by atoms with Crippen LogP contribution >= 0.6 is 44.3 Å². The SMILES string of the molecule is COCCOCCCO[SiH2]CC(CSSCC(C[SiH2]OCCCOCCOC)c1nc2ccccc2s1)c1nc2ccccc2s1. The maximum atomic E-state index is 6.15. The van der Waals surface area contributed by atoms with Gasteiger partial charge in [-0.1, -0.05) is 45.9 Å². The number of aromatic nitrogens is 2. The van der Waals surface area contributed by atoms with Gasteiger partial charge in [0.15, 0.2) is 19.5 Å². The van der Waals surface area contributed by atoms with Crippen molar-refractivity contribution in [3.05, 3.63) is 58.5 Å². The van der Waals surface area contributed by atoms with Crippen molar-refractivity contribution in [3.8, 4) is 0 Å². The van der Waals surface area contributed by atoms with E-state index in [4.69, 9.17) is 37.8 Å². The summed E-state index contributed by atoms with van der Waals surface area (Å²) in [7, 11) is 6.02. The van der Waals surface area contributed by atoms with Crippen LogP contribution in [-0.2, 0) is 27.8 Å². The maximum Gasteiger partial charge on any atom is 0.162 e. The van der Waals surface area contributed by atoms with Crippen molar-refractivity contribution in [2.24, 2.45) is 0 Å². The van der Waals surface area contributed by atoms with Gasteiger partial charge < -0.3 is 27.8 Å². The summed E-state index contributed by atoms with van der Waals surface area (Å²) in [5, 5.41) is 2.48. The Bertz CT molecular complexity index is 1200. The lowest BCUT2D eigenvalue weighted by molar-refractivity contribution is 0.0646. The molecule has 0 bridgehead atoms. The van der Waals surface area contributed by atoms with Gasteiger partial charge in [-0.2, -0.15) is 0 Å². The van der Waals surface area contributed by atoms with E-state index in [9.17, 15) is 0 Å². The first-order valence-corrected chi connectivity index (χ1v) is 23.3. The number of nitrogens with zero attached hydrogens (tertiary/aromatic N) is 2. The van der Waals surface area contributed by atoms with Crippen LogP contribution in [0.1, 0.15) is 34.7 Å². The van der Waals surface area contributed by atoms with Crippen LogP contribution in [0.5, 0.6) is 0 Å². The van der Waals surface area contributed by atoms with Crippen LogP contribution in [0.4, 0.5) is 0 Å². The highest BCUT2D eigenvalue weighted by Gasteiger charge is 2.20. The molecule has 8 nitrogen and oxygen atoms in total. The summed E-state index contributed by atoms with van der Waals surface area (Å²) in [6.07, 6.45) is 1.85. The normalized spacial score (nSPS) is 13.7. The van der Waals surface area contributed by atoms with Crippen LogP contribution in [0.2, 0.25) is 12.1 Å². The van der Waals surface area contributed by atoms with Crippen LogP contribution < -0.4 is 0 Å². The van der Waals surface area contributed by atoms with E-state index in [1.807, 2.05) is 44.3 Å². The highest BCUT2D eigenvalue weighted by molar-refractivity contribution is 8.76. The zero-order valence-electron chi connectivity index (χ0n) is 27.1. The Morgan fingerprint density at radius 1 is 0.609 bits per heavy atom. The minimum Gasteiger partial charge on any atom is -0.424 e. The van der Waals surface area contributed by atoms with Crippen molar-refractivity contribution in [2.75, 3.05) is 78.6 Å². The van der Waals surface area contributed by atoms with E-state index in [1.165, 1.54) is 19.4 Å². The summed E-state index contributed by atoms with van der Waals surface area (Å²) in [4.78, 5) is 10.1. The Morgan fingerprint density at radius 2 is 1.07 bits per heavy atom. The number of fused-ring (bicyclic) bond motifs is 2. The number of rotatable bonds is 27. The molecule has 0 amide bonds. The molecule has 0 spiro atoms. The fourth-order valence-corrected chi connectivity index (χ4v) is 13.4. The molecule has 14 heteroatoms. The molecule has 0 fully saturated rings. The Labute approximate surface area is 294 Å². The summed E-state index contributed by atoms with van der Waals surface area (Å²) >= 11 is 3.68. The molecule has 0 aliphatic heterocycles. The molecule has 4 aromatic rings. The molecule has 46 heavy (non-hydrogen) atoms. The minimum absolute atomic E-state index is 0.407. The van der Waals surface area contributed by atoms with E-state index in [0.717, 1.165) is 73.9 Å². The number of thiazole rings is 2. The predicted molar refractivity (Wildman–Crippen MR) is 203 cm³/mol. The first-order valence-electron chi connectivity index (χ1n) is 16.0. The van der Waals surface area contributed by atoms with Crippen molar-refractivity contribution in [2.45, 2.75) is 36.8 Å². The quantitative estimate of drug-likeness (QED) is 0.0395. The van der Waals surface area contributed by atoms with Gasteiger partial charge in [-0.3, -0.25) is 0 Å². The Kier molecular flexibility index (Phi) is 19.3. The summed E-state index contributed by atoms with van der Waals surface area (Å²) in [5.74, 6) is 2.88. The first-order chi connectivity index (χ1) is 22.8. The molecule has 0 radical (unpaired) electrons. The van der Waals surface area contributed by atoms with Gasteiger partial charge >= 0.3 is 0 Å². The van der Waals surface area contributed by atoms with E-state index >= 15 is 0 Å². The van der Waals surface area contributed by atoms with Crippen LogP contribution in [0.3, 0.4) is 0 Å². The molecule has 2 atom stereocenters. The average Bonchev–Trinajstić information content (AvgIpc) is 3.71. The van der Waals surface area contributed by atoms with Crippen LogP contribution in [-0.4, -0.2) is 108 Å². The summed E-state index contributed by atoms with van der Waals surface area (Å²) in [6.45, 7) is 5.53. The molecule has 0 aliphatic carbocycles. The third kappa shape index (κ3) is 13.9. The molecule has 2 aromatic heterocycles. The third-order valence-corrected chi connectivity index (χ3v) is 15.2. The van der Waals surface area contributed by atoms with Gasteiger partial charge in [0.05, 0.1) is 56.9 Å². The Hall–Kier alpha value is -0.886. The van der Waals surface area contributed by atoms with Crippen LogP contribution in [0.15, 0.2) is 48.5 Å². The first kappa shape index (κ1) is 37.9. The minimum atomic E-state index is -0.661. The molecule has 0 saturated carbocycles. The second kappa shape index (κ2) is 23.5. The second-order valence-electron chi connectivity index (χ2n) is 10.7. The van der Waals surface area contributed by atoms with Gasteiger partial charge in [0.2, 0.25) is 0 Å². The van der Waals surface area contributed by atoms with E-state index < -0.39 is 19.5 Å². The smallest absolute Gasteiger partial charge is 0.162 e. The molecule has 254 valence electrons. The zero-order chi connectivity index (χ0) is 32.1. The third-order valence-electron chi connectivity index (χ3n) is 7.18. The number of benzene rings is 2. The molecule has 2 unspecified atom stereocenters. The van der Waals surface area contributed by atoms with E-state index in [1.54, 1.807) is 14.2 Å². The van der Waals surface area contributed by atoms with Crippen molar-refractivity contribution in [1.29, 1.82) is 0 Å². The van der Waals surface area contributed by atoms with Gasteiger partial charge in [-0.05, 0) is 49.2 Å². The van der Waals surface area contributed by atoms with Crippen LogP contribution in [0.25, 0.3) is 20.4 Å². The lowest BCUT2D eigenvalue weighted by Gasteiger charge is -2.16. The number of para-hydroxylation sites is 2. The lowest BCUT2D eigenvalue weighted by atomic mass is 10.2. The van der Waals surface area contributed by atoms with Crippen molar-refractivity contribution in [1.82, 2.24) is 9.97 Å². The highest BCUT2D eigenvalue weighted by atomic mass is 33.1. The number of hydrogen-bond acceptors (Lipinski definition) is 12. The standard InChI is InChI=1S/C32H48N2O6S4Si2/c1-35-17-19-37-13-7-15-39-45-23-25(31-33-27-9-3-5-11-29(27)43-31)21-41-42-22-26(24-46-40-16-8-14-38-20-18-36-2)32-34-28-10-4-6-12-30(28)44-32/h3-6,9-12,25-26H,7-8,13-24,45-46H2,1-2H3. The fraction of sp³-hybridized carbons (Fsp3) is 0.562. The zero-order valence-corrected chi connectivity index (χ0v) is 33.2. The molecule has 2 aromatic carbocycles. The molecule has 0 saturated heterocycles. The van der Waals surface area contributed by atoms with Gasteiger partial charge in [-0.15, -0.1) is 22.7 Å². The Morgan fingerprint density at radius 3 is 1.50 bits per heavy atom.